The van der Waals surface area contributed by atoms with Gasteiger partial charge in [0.1, 0.15) is 11.6 Å². The van der Waals surface area contributed by atoms with Gasteiger partial charge < -0.3 is 40.2 Å². The Morgan fingerprint density at radius 2 is 0.892 bits per heavy atom. The number of hydrogen-bond donors (Lipinski definition) is 4. The Hall–Kier alpha value is -3.58. The van der Waals surface area contributed by atoms with Crippen molar-refractivity contribution in [1.82, 2.24) is 21.3 Å². The van der Waals surface area contributed by atoms with Crippen molar-refractivity contribution in [2.75, 3.05) is 46.9 Å². The summed E-state index contributed by atoms with van der Waals surface area (Å²) in [5.41, 5.74) is 12.5. The lowest BCUT2D eigenvalue weighted by molar-refractivity contribution is 0.0358. The molecule has 65 heavy (non-hydrogen) atoms. The molecule has 4 heterocycles. The van der Waals surface area contributed by atoms with E-state index in [1.807, 2.05) is 26.2 Å². The van der Waals surface area contributed by atoms with E-state index in [2.05, 4.69) is 57.7 Å². The van der Waals surface area contributed by atoms with Gasteiger partial charge in [-0.15, -0.1) is 0 Å². The molecule has 0 bridgehead atoms. The molecular weight excluding hydrogens is 819 g/mol. The fourth-order valence-electron chi connectivity index (χ4n) is 10.6. The van der Waals surface area contributed by atoms with Crippen molar-refractivity contribution in [3.8, 4) is 0 Å². The zero-order valence-electron chi connectivity index (χ0n) is 38.8. The molecule has 4 aromatic rings. The summed E-state index contributed by atoms with van der Waals surface area (Å²) in [6.45, 7) is 6.18. The molecule has 4 aromatic carbocycles. The van der Waals surface area contributed by atoms with E-state index in [1.165, 1.54) is 111 Å². The molecule has 12 rings (SSSR count). The zero-order chi connectivity index (χ0) is 44.5. The van der Waals surface area contributed by atoms with Gasteiger partial charge >= 0.3 is 0 Å². The van der Waals surface area contributed by atoms with Gasteiger partial charge in [0.25, 0.3) is 0 Å². The maximum absolute atomic E-state index is 13.8. The SMILES string of the molecule is CNC[C@@H]1OCc2c(C3CCC3)cccc21.CNC[C@H]1OCc2c(C3CCC3)cccc21.Fc1cccc2c1[C@@H](CNC1CCC1)OC2.Fc1cccc2c1[C@H](CNC1CCC1)OCC2. The summed E-state index contributed by atoms with van der Waals surface area (Å²) in [5, 5.41) is 13.3. The molecule has 4 fully saturated rings. The highest BCUT2D eigenvalue weighted by atomic mass is 19.1. The highest BCUT2D eigenvalue weighted by molar-refractivity contribution is 5.43. The number of halogens is 2. The second-order valence-corrected chi connectivity index (χ2v) is 19.4. The second kappa shape index (κ2) is 22.5. The van der Waals surface area contributed by atoms with Crippen molar-refractivity contribution in [2.24, 2.45) is 0 Å². The summed E-state index contributed by atoms with van der Waals surface area (Å²) < 4.78 is 50.5. The van der Waals surface area contributed by atoms with Crippen molar-refractivity contribution < 1.29 is 27.7 Å². The first kappa shape index (κ1) is 46.5. The summed E-state index contributed by atoms with van der Waals surface area (Å²) in [6, 6.07) is 25.2. The van der Waals surface area contributed by atoms with Crippen molar-refractivity contribution in [3.05, 3.63) is 140 Å². The molecule has 350 valence electrons. The quantitative estimate of drug-likeness (QED) is 0.112. The van der Waals surface area contributed by atoms with Gasteiger partial charge in [0, 0.05) is 49.4 Å². The third-order valence-corrected chi connectivity index (χ3v) is 15.4. The normalized spacial score (nSPS) is 24.2. The van der Waals surface area contributed by atoms with Gasteiger partial charge in [-0.3, -0.25) is 0 Å². The van der Waals surface area contributed by atoms with Crippen LogP contribution in [-0.2, 0) is 45.2 Å². The largest absolute Gasteiger partial charge is 0.372 e. The number of likely N-dealkylation sites (N-methyl/N-ethyl adjacent to an activating group) is 2. The lowest BCUT2D eigenvalue weighted by atomic mass is 9.77. The first-order valence-electron chi connectivity index (χ1n) is 25.0. The van der Waals surface area contributed by atoms with Crippen molar-refractivity contribution in [1.29, 1.82) is 0 Å². The molecule has 0 amide bonds. The van der Waals surface area contributed by atoms with E-state index < -0.39 is 0 Å². The third-order valence-electron chi connectivity index (χ3n) is 15.4. The molecule has 0 radical (unpaired) electrons. The van der Waals surface area contributed by atoms with Crippen molar-refractivity contribution >= 4 is 0 Å². The van der Waals surface area contributed by atoms with Crippen LogP contribution in [-0.4, -0.2) is 59.0 Å². The van der Waals surface area contributed by atoms with Crippen LogP contribution in [0.3, 0.4) is 0 Å². The monoisotopic (exact) mass is 891 g/mol. The molecule has 4 N–H and O–H groups in total. The number of fused-ring (bicyclic) bond motifs is 4. The molecule has 4 aliphatic carbocycles. The van der Waals surface area contributed by atoms with Gasteiger partial charge in [0.2, 0.25) is 0 Å². The molecule has 0 spiro atoms. The Kier molecular flexibility index (Phi) is 16.1. The molecular formula is C55H72F2N4O4. The molecule has 0 aromatic heterocycles. The summed E-state index contributed by atoms with van der Waals surface area (Å²) >= 11 is 0. The highest BCUT2D eigenvalue weighted by Crippen LogP contribution is 2.44. The molecule has 8 aliphatic rings. The summed E-state index contributed by atoms with van der Waals surface area (Å²) in [6.07, 6.45) is 17.0. The number of benzene rings is 4. The average Bonchev–Trinajstić information content (AvgIpc) is 3.98. The zero-order valence-corrected chi connectivity index (χ0v) is 38.8. The van der Waals surface area contributed by atoms with E-state index in [0.29, 0.717) is 25.3 Å². The van der Waals surface area contributed by atoms with Gasteiger partial charge in [-0.05, 0) is 140 Å². The van der Waals surface area contributed by atoms with Crippen LogP contribution < -0.4 is 21.3 Å². The summed E-state index contributed by atoms with van der Waals surface area (Å²) in [7, 11) is 3.97. The first-order chi connectivity index (χ1) is 32.0. The van der Waals surface area contributed by atoms with E-state index in [9.17, 15) is 8.78 Å². The summed E-state index contributed by atoms with van der Waals surface area (Å²) in [5.74, 6) is 1.37. The van der Waals surface area contributed by atoms with Gasteiger partial charge in [-0.25, -0.2) is 8.78 Å². The Labute approximate surface area is 386 Å². The standard InChI is InChI=1S/C14H18FNO.2C14H19NO.C13H16FNO/c15-12-6-1-3-10-7-8-17-13(14(10)12)9-16-11-4-2-5-11;2*1-15-8-14-12-7-3-6-11(10-4-2-5-10)13(12)9-16-14;14-11-6-1-3-9-8-16-12(13(9)11)7-15-10-4-2-5-10/h1,3,6,11,13,16H,2,4-5,7-9H2;2*3,6-7,10,14-15H,2,4-5,8-9H2,1H3;1,3,6,10,12,15H,2,4-5,7-8H2/t13-;2*14-;12-/m0101/s1. The molecule has 4 aliphatic heterocycles. The van der Waals surface area contributed by atoms with E-state index in [4.69, 9.17) is 18.9 Å². The van der Waals surface area contributed by atoms with E-state index in [1.54, 1.807) is 23.3 Å². The Morgan fingerprint density at radius 3 is 1.35 bits per heavy atom. The minimum absolute atomic E-state index is 0.100. The lowest BCUT2D eigenvalue weighted by Crippen LogP contribution is -2.39. The average molecular weight is 891 g/mol. The topological polar surface area (TPSA) is 85.0 Å². The van der Waals surface area contributed by atoms with Crippen LogP contribution in [0.1, 0.15) is 169 Å². The lowest BCUT2D eigenvalue weighted by Gasteiger charge is -2.31. The minimum Gasteiger partial charge on any atom is -0.372 e. The molecule has 10 heteroatoms. The van der Waals surface area contributed by atoms with E-state index >= 15 is 0 Å². The fourth-order valence-corrected chi connectivity index (χ4v) is 10.6. The number of nitrogens with one attached hydrogen (secondary N) is 4. The second-order valence-electron chi connectivity index (χ2n) is 19.4. The molecule has 4 atom stereocenters. The van der Waals surface area contributed by atoms with Crippen LogP contribution in [0.25, 0.3) is 0 Å². The summed E-state index contributed by atoms with van der Waals surface area (Å²) in [4.78, 5) is 0. The van der Waals surface area contributed by atoms with E-state index in [-0.39, 0.29) is 36.1 Å². The van der Waals surface area contributed by atoms with E-state index in [0.717, 1.165) is 79.9 Å². The molecule has 0 saturated heterocycles. The van der Waals surface area contributed by atoms with Gasteiger partial charge in [0.05, 0.1) is 50.8 Å². The highest BCUT2D eigenvalue weighted by Gasteiger charge is 2.32. The Morgan fingerprint density at radius 1 is 0.462 bits per heavy atom. The number of hydrogen-bond acceptors (Lipinski definition) is 8. The Balaban J connectivity index is 0.000000109. The van der Waals surface area contributed by atoms with Crippen molar-refractivity contribution in [2.45, 2.75) is 152 Å². The Bertz CT molecular complexity index is 2100. The smallest absolute Gasteiger partial charge is 0.129 e. The van der Waals surface area contributed by atoms with Crippen LogP contribution in [0.5, 0.6) is 0 Å². The van der Waals surface area contributed by atoms with Crippen molar-refractivity contribution in [3.63, 3.8) is 0 Å². The predicted molar refractivity (Wildman–Crippen MR) is 253 cm³/mol. The third kappa shape index (κ3) is 10.9. The predicted octanol–water partition coefficient (Wildman–Crippen LogP) is 10.6. The van der Waals surface area contributed by atoms with Crippen LogP contribution in [0.15, 0.2) is 72.8 Å². The first-order valence-corrected chi connectivity index (χ1v) is 25.0. The maximum atomic E-state index is 13.8. The molecule has 0 unspecified atom stereocenters. The maximum Gasteiger partial charge on any atom is 0.129 e. The number of ether oxygens (including phenoxy) is 4. The van der Waals surface area contributed by atoms with Crippen LogP contribution in [0.2, 0.25) is 0 Å². The van der Waals surface area contributed by atoms with Crippen LogP contribution in [0, 0.1) is 11.6 Å². The molecule has 8 nitrogen and oxygen atoms in total. The minimum atomic E-state index is -0.129. The van der Waals surface area contributed by atoms with Gasteiger partial charge in [-0.2, -0.15) is 0 Å². The number of rotatable bonds is 12. The molecule has 4 saturated carbocycles. The fraction of sp³-hybridized carbons (Fsp3) is 0.564. The van der Waals surface area contributed by atoms with Gasteiger partial charge in [-0.1, -0.05) is 86.3 Å². The van der Waals surface area contributed by atoms with Gasteiger partial charge in [0.15, 0.2) is 0 Å². The van der Waals surface area contributed by atoms with Crippen LogP contribution >= 0.6 is 0 Å². The van der Waals surface area contributed by atoms with Crippen LogP contribution in [0.4, 0.5) is 8.78 Å².